The van der Waals surface area contributed by atoms with Gasteiger partial charge in [0.05, 0.1) is 24.5 Å². The van der Waals surface area contributed by atoms with Crippen molar-refractivity contribution in [2.24, 2.45) is 0 Å². The van der Waals surface area contributed by atoms with Gasteiger partial charge in [0.1, 0.15) is 17.8 Å². The predicted octanol–water partition coefficient (Wildman–Crippen LogP) is 2.11. The number of hydrogen-bond acceptors (Lipinski definition) is 6. The molecule has 2 aliphatic rings. The summed E-state index contributed by atoms with van der Waals surface area (Å²) in [5.41, 5.74) is 0.814. The molecule has 1 aromatic rings. The van der Waals surface area contributed by atoms with Crippen LogP contribution in [-0.2, 0) is 9.53 Å². The third-order valence-electron chi connectivity index (χ3n) is 4.86. The first-order chi connectivity index (χ1) is 13.9. The topological polar surface area (TPSA) is 82.2 Å². The van der Waals surface area contributed by atoms with Crippen LogP contribution in [0.25, 0.3) is 0 Å². The summed E-state index contributed by atoms with van der Waals surface area (Å²) < 4.78 is 20.0. The summed E-state index contributed by atoms with van der Waals surface area (Å²) >= 11 is 6.62. The summed E-state index contributed by atoms with van der Waals surface area (Å²) in [6.45, 7) is 2.40. The van der Waals surface area contributed by atoms with Gasteiger partial charge in [0.25, 0.3) is 5.24 Å². The van der Waals surface area contributed by atoms with Crippen molar-refractivity contribution in [3.05, 3.63) is 24.0 Å². The van der Waals surface area contributed by atoms with Gasteiger partial charge in [-0.25, -0.2) is 9.18 Å². The van der Waals surface area contributed by atoms with Crippen molar-refractivity contribution in [3.63, 3.8) is 0 Å². The monoisotopic (exact) mass is 444 g/mol. The standard InChI is InChI=1S/C18H22ClFN4O4S/c1-29-17(26)21-10-13-11-24(18(27)28-13)12-2-3-15(14(20)8-12)22-4-6-23(7-5-22)16(25)9-19/h2-3,8,13H,4-7,9-11H2,1H3,(H,21,26)/t13-/m0/s1. The number of rotatable bonds is 5. The molecule has 1 aromatic carbocycles. The van der Waals surface area contributed by atoms with E-state index >= 15 is 0 Å². The van der Waals surface area contributed by atoms with Crippen molar-refractivity contribution in [2.45, 2.75) is 6.10 Å². The van der Waals surface area contributed by atoms with Gasteiger partial charge in [0.15, 0.2) is 0 Å². The van der Waals surface area contributed by atoms with E-state index in [0.29, 0.717) is 37.6 Å². The number of anilines is 2. The fourth-order valence-corrected chi connectivity index (χ4v) is 3.71. The van der Waals surface area contributed by atoms with Crippen LogP contribution in [0.4, 0.5) is 25.4 Å². The van der Waals surface area contributed by atoms with Crippen LogP contribution in [0.2, 0.25) is 0 Å². The second-order valence-electron chi connectivity index (χ2n) is 6.63. The quantitative estimate of drug-likeness (QED) is 0.700. The maximum atomic E-state index is 14.8. The van der Waals surface area contributed by atoms with E-state index in [2.05, 4.69) is 5.32 Å². The smallest absolute Gasteiger partial charge is 0.414 e. The molecular weight excluding hydrogens is 423 g/mol. The minimum atomic E-state index is -0.575. The Labute approximate surface area is 177 Å². The lowest BCUT2D eigenvalue weighted by molar-refractivity contribution is -0.128. The third-order valence-corrected chi connectivity index (χ3v) is 5.61. The summed E-state index contributed by atoms with van der Waals surface area (Å²) in [7, 11) is 0. The summed E-state index contributed by atoms with van der Waals surface area (Å²) in [6.07, 6.45) is 0.588. The SMILES string of the molecule is CSC(=O)NC[C@H]1CN(c2ccc(N3CCN(C(=O)CCl)CC3)c(F)c2)C(=O)O1. The van der Waals surface area contributed by atoms with Crippen LogP contribution >= 0.6 is 23.4 Å². The van der Waals surface area contributed by atoms with E-state index in [9.17, 15) is 18.8 Å². The van der Waals surface area contributed by atoms with Gasteiger partial charge in [-0.15, -0.1) is 11.6 Å². The number of ether oxygens (including phenoxy) is 1. The average Bonchev–Trinajstić information content (AvgIpc) is 3.12. The molecule has 3 amide bonds. The molecule has 2 heterocycles. The summed E-state index contributed by atoms with van der Waals surface area (Å²) in [6, 6.07) is 4.59. The molecule has 0 spiro atoms. The first kappa shape index (κ1) is 21.5. The first-order valence-electron chi connectivity index (χ1n) is 9.11. The second kappa shape index (κ2) is 9.53. The largest absolute Gasteiger partial charge is 0.442 e. The fourth-order valence-electron chi connectivity index (χ4n) is 3.31. The van der Waals surface area contributed by atoms with Crippen LogP contribution < -0.4 is 15.1 Å². The molecule has 1 atom stereocenters. The number of piperazine rings is 1. The average molecular weight is 445 g/mol. The zero-order valence-corrected chi connectivity index (χ0v) is 17.5. The summed E-state index contributed by atoms with van der Waals surface area (Å²) in [5.74, 6) is -0.638. The number of hydrogen-bond donors (Lipinski definition) is 1. The number of thioether (sulfide) groups is 1. The second-order valence-corrected chi connectivity index (χ2v) is 7.67. The number of halogens is 2. The molecular formula is C18H22ClFN4O4S. The van der Waals surface area contributed by atoms with Gasteiger partial charge in [-0.05, 0) is 24.5 Å². The van der Waals surface area contributed by atoms with Crippen LogP contribution in [0.1, 0.15) is 0 Å². The number of cyclic esters (lactones) is 1. The van der Waals surface area contributed by atoms with E-state index in [1.807, 2.05) is 4.90 Å². The Hall–Kier alpha value is -2.20. The van der Waals surface area contributed by atoms with E-state index in [1.165, 1.54) is 11.0 Å². The van der Waals surface area contributed by atoms with Gasteiger partial charge in [0.2, 0.25) is 5.91 Å². The molecule has 158 valence electrons. The Morgan fingerprint density at radius 3 is 2.66 bits per heavy atom. The van der Waals surface area contributed by atoms with Crippen LogP contribution in [0.15, 0.2) is 18.2 Å². The highest BCUT2D eigenvalue weighted by Crippen LogP contribution is 2.28. The van der Waals surface area contributed by atoms with Gasteiger partial charge in [0, 0.05) is 26.2 Å². The number of carbonyl (C=O) groups is 3. The molecule has 0 unspecified atom stereocenters. The maximum absolute atomic E-state index is 14.8. The minimum absolute atomic E-state index is 0.0586. The lowest BCUT2D eigenvalue weighted by Gasteiger charge is -2.36. The van der Waals surface area contributed by atoms with Crippen molar-refractivity contribution in [1.29, 1.82) is 0 Å². The first-order valence-corrected chi connectivity index (χ1v) is 10.9. The summed E-state index contributed by atoms with van der Waals surface area (Å²) in [4.78, 5) is 40.0. The van der Waals surface area contributed by atoms with Gasteiger partial charge < -0.3 is 19.9 Å². The molecule has 2 aliphatic heterocycles. The molecule has 1 N–H and O–H groups in total. The molecule has 11 heteroatoms. The van der Waals surface area contributed by atoms with Gasteiger partial charge in [-0.2, -0.15) is 0 Å². The maximum Gasteiger partial charge on any atom is 0.414 e. The van der Waals surface area contributed by atoms with E-state index < -0.39 is 18.0 Å². The van der Waals surface area contributed by atoms with Crippen molar-refractivity contribution in [1.82, 2.24) is 10.2 Å². The van der Waals surface area contributed by atoms with Crippen molar-refractivity contribution in [3.8, 4) is 0 Å². The molecule has 0 aliphatic carbocycles. The predicted molar refractivity (Wildman–Crippen MR) is 110 cm³/mol. The molecule has 2 fully saturated rings. The van der Waals surface area contributed by atoms with Gasteiger partial charge >= 0.3 is 6.09 Å². The number of nitrogens with zero attached hydrogens (tertiary/aromatic N) is 3. The Kier molecular flexibility index (Phi) is 7.07. The zero-order chi connectivity index (χ0) is 21.0. The molecule has 0 radical (unpaired) electrons. The third kappa shape index (κ3) is 5.05. The zero-order valence-electron chi connectivity index (χ0n) is 15.9. The van der Waals surface area contributed by atoms with E-state index in [-0.39, 0.29) is 30.1 Å². The van der Waals surface area contributed by atoms with Crippen LogP contribution in [-0.4, -0.2) is 79.6 Å². The Morgan fingerprint density at radius 1 is 1.31 bits per heavy atom. The molecule has 29 heavy (non-hydrogen) atoms. The number of carbonyl (C=O) groups excluding carboxylic acids is 3. The lowest BCUT2D eigenvalue weighted by Crippen LogP contribution is -2.49. The van der Waals surface area contributed by atoms with Crippen LogP contribution in [0, 0.1) is 5.82 Å². The van der Waals surface area contributed by atoms with Gasteiger partial charge in [-0.1, -0.05) is 11.8 Å². The Morgan fingerprint density at radius 2 is 2.03 bits per heavy atom. The number of benzene rings is 1. The fraction of sp³-hybridized carbons (Fsp3) is 0.500. The number of nitrogens with one attached hydrogen (secondary N) is 1. The van der Waals surface area contributed by atoms with E-state index in [4.69, 9.17) is 16.3 Å². The summed E-state index contributed by atoms with van der Waals surface area (Å²) in [5, 5.41) is 2.44. The van der Waals surface area contributed by atoms with Crippen LogP contribution in [0.5, 0.6) is 0 Å². The normalized spacial score (nSPS) is 19.3. The lowest BCUT2D eigenvalue weighted by atomic mass is 10.2. The molecule has 0 aromatic heterocycles. The molecule has 2 saturated heterocycles. The Balaban J connectivity index is 1.62. The van der Waals surface area contributed by atoms with E-state index in [1.54, 1.807) is 23.3 Å². The number of alkyl halides is 1. The highest BCUT2D eigenvalue weighted by Gasteiger charge is 2.33. The van der Waals surface area contributed by atoms with Crippen molar-refractivity contribution < 1.29 is 23.5 Å². The highest BCUT2D eigenvalue weighted by molar-refractivity contribution is 8.12. The molecule has 0 saturated carbocycles. The van der Waals surface area contributed by atoms with Crippen molar-refractivity contribution in [2.75, 3.05) is 61.2 Å². The molecule has 8 nitrogen and oxygen atoms in total. The van der Waals surface area contributed by atoms with Crippen molar-refractivity contribution >= 4 is 52.0 Å². The molecule has 0 bridgehead atoms. The van der Waals surface area contributed by atoms with E-state index in [0.717, 1.165) is 11.8 Å². The number of amides is 3. The molecule has 3 rings (SSSR count). The highest BCUT2D eigenvalue weighted by atomic mass is 35.5. The van der Waals surface area contributed by atoms with Gasteiger partial charge in [-0.3, -0.25) is 14.5 Å². The van der Waals surface area contributed by atoms with Crippen LogP contribution in [0.3, 0.4) is 0 Å². The minimum Gasteiger partial charge on any atom is -0.442 e. The Bertz CT molecular complexity index is 791.